The highest BCUT2D eigenvalue weighted by atomic mass is 16.7. The topological polar surface area (TPSA) is 62.0 Å². The lowest BCUT2D eigenvalue weighted by Crippen LogP contribution is -2.32. The van der Waals surface area contributed by atoms with Gasteiger partial charge in [0.2, 0.25) is 6.29 Å². The van der Waals surface area contributed by atoms with Crippen LogP contribution in [0.5, 0.6) is 11.5 Å². The predicted molar refractivity (Wildman–Crippen MR) is 169 cm³/mol. The highest BCUT2D eigenvalue weighted by molar-refractivity contribution is 5.54. The van der Waals surface area contributed by atoms with Gasteiger partial charge in [-0.05, 0) is 65.4 Å². The molecule has 0 N–H and O–H groups in total. The van der Waals surface area contributed by atoms with E-state index in [2.05, 4.69) is 112 Å². The average Bonchev–Trinajstić information content (AvgIpc) is 3.97. The van der Waals surface area contributed by atoms with E-state index >= 15 is 0 Å². The number of hydrogen-bond acceptors (Lipinski definition) is 6. The third-order valence-electron chi connectivity index (χ3n) is 9.49. The lowest BCUT2D eigenvalue weighted by molar-refractivity contribution is -0.165. The monoisotopic (exact) mass is 594 g/mol. The quantitative estimate of drug-likeness (QED) is 0.201. The van der Waals surface area contributed by atoms with Crippen LogP contribution in [0.4, 0.5) is 0 Å². The molecular formula is C38H42O6. The van der Waals surface area contributed by atoms with Crippen LogP contribution in [0.1, 0.15) is 55.9 Å². The molecule has 0 spiro atoms. The maximum absolute atomic E-state index is 6.08. The van der Waals surface area contributed by atoms with E-state index < -0.39 is 0 Å². The molecule has 5 atom stereocenters. The van der Waals surface area contributed by atoms with Gasteiger partial charge in [-0.15, -0.1) is 0 Å². The Hall–Kier alpha value is -3.42. The second-order valence-corrected chi connectivity index (χ2v) is 12.9. The summed E-state index contributed by atoms with van der Waals surface area (Å²) in [6.45, 7) is 10.5. The highest BCUT2D eigenvalue weighted by Crippen LogP contribution is 2.43. The second kappa shape index (κ2) is 12.2. The van der Waals surface area contributed by atoms with Crippen LogP contribution in [-0.2, 0) is 29.8 Å². The Balaban J connectivity index is 1.13. The summed E-state index contributed by atoms with van der Waals surface area (Å²) < 4.78 is 34.0. The molecule has 6 nitrogen and oxygen atoms in total. The molecule has 44 heavy (non-hydrogen) atoms. The maximum Gasteiger partial charge on any atom is 0.202 e. The Kier molecular flexibility index (Phi) is 8.10. The van der Waals surface area contributed by atoms with Gasteiger partial charge in [0.1, 0.15) is 30.3 Å². The number of allylic oxidation sites excluding steroid dienone is 2. The fourth-order valence-corrected chi connectivity index (χ4v) is 6.02. The number of hydrogen-bond donors (Lipinski definition) is 0. The van der Waals surface area contributed by atoms with E-state index in [1.807, 2.05) is 0 Å². The van der Waals surface area contributed by atoms with E-state index in [0.29, 0.717) is 13.2 Å². The Morgan fingerprint density at radius 3 is 1.80 bits per heavy atom. The van der Waals surface area contributed by atoms with Gasteiger partial charge in [-0.1, -0.05) is 80.6 Å². The fraction of sp³-hybridized carbons (Fsp3) is 0.421. The highest BCUT2D eigenvalue weighted by Gasteiger charge is 2.35. The molecule has 3 saturated heterocycles. The second-order valence-electron chi connectivity index (χ2n) is 12.9. The van der Waals surface area contributed by atoms with Crippen molar-refractivity contribution in [1.82, 2.24) is 0 Å². The van der Waals surface area contributed by atoms with Gasteiger partial charge < -0.3 is 28.4 Å². The van der Waals surface area contributed by atoms with Crippen molar-refractivity contribution >= 4 is 0 Å². The van der Waals surface area contributed by atoms with Gasteiger partial charge in [0.15, 0.2) is 0 Å². The number of epoxide rings is 2. The molecule has 6 heteroatoms. The first-order valence-corrected chi connectivity index (χ1v) is 15.8. The summed E-state index contributed by atoms with van der Waals surface area (Å²) in [7, 11) is 0. The lowest BCUT2D eigenvalue weighted by Gasteiger charge is -2.35. The van der Waals surface area contributed by atoms with E-state index in [0.717, 1.165) is 44.2 Å². The molecule has 0 bridgehead atoms. The lowest BCUT2D eigenvalue weighted by atomic mass is 9.68. The first kappa shape index (κ1) is 29.3. The van der Waals surface area contributed by atoms with Crippen LogP contribution >= 0.6 is 0 Å². The van der Waals surface area contributed by atoms with Crippen molar-refractivity contribution in [1.29, 1.82) is 0 Å². The first-order valence-electron chi connectivity index (χ1n) is 15.8. The number of benzene rings is 3. The van der Waals surface area contributed by atoms with Gasteiger partial charge >= 0.3 is 0 Å². The Morgan fingerprint density at radius 2 is 1.25 bits per heavy atom. The molecule has 3 aromatic carbocycles. The van der Waals surface area contributed by atoms with Crippen molar-refractivity contribution in [2.45, 2.75) is 69.0 Å². The molecule has 1 aliphatic carbocycles. The molecule has 5 unspecified atom stereocenters. The summed E-state index contributed by atoms with van der Waals surface area (Å²) in [6.07, 6.45) is 9.01. The molecule has 0 aromatic heterocycles. The summed E-state index contributed by atoms with van der Waals surface area (Å²) in [5.41, 5.74) is 5.68. The van der Waals surface area contributed by atoms with Gasteiger partial charge in [-0.25, -0.2) is 0 Å². The van der Waals surface area contributed by atoms with Gasteiger partial charge in [0.05, 0.1) is 32.5 Å². The summed E-state index contributed by atoms with van der Waals surface area (Å²) in [4.78, 5) is 0. The van der Waals surface area contributed by atoms with E-state index in [9.17, 15) is 0 Å². The van der Waals surface area contributed by atoms with Gasteiger partial charge in [0, 0.05) is 17.3 Å². The van der Waals surface area contributed by atoms with Crippen LogP contribution in [0.2, 0.25) is 0 Å². The van der Waals surface area contributed by atoms with E-state index in [1.54, 1.807) is 0 Å². The fourth-order valence-electron chi connectivity index (χ4n) is 6.02. The SMILES string of the molecule is CC(C)(c1ccc(OCC2CO2)cc1)c1ccc(C(C)(C2=CCC(OCC3CO3)C=C2)c2ccc(OC3CCO3)cc2)cc1. The minimum atomic E-state index is -0.362. The predicted octanol–water partition coefficient (Wildman–Crippen LogP) is 6.89. The minimum Gasteiger partial charge on any atom is -0.491 e. The van der Waals surface area contributed by atoms with Gasteiger partial charge in [-0.2, -0.15) is 0 Å². The Labute approximate surface area is 260 Å². The van der Waals surface area contributed by atoms with E-state index in [-0.39, 0.29) is 35.4 Å². The smallest absolute Gasteiger partial charge is 0.202 e. The van der Waals surface area contributed by atoms with E-state index in [4.69, 9.17) is 28.4 Å². The van der Waals surface area contributed by atoms with Gasteiger partial charge in [0.25, 0.3) is 0 Å². The molecule has 3 aliphatic heterocycles. The van der Waals surface area contributed by atoms with Crippen LogP contribution in [0.15, 0.2) is 96.6 Å². The van der Waals surface area contributed by atoms with Crippen LogP contribution < -0.4 is 9.47 Å². The maximum atomic E-state index is 6.08. The minimum absolute atomic E-state index is 0.0763. The van der Waals surface area contributed by atoms with Crippen LogP contribution in [0, 0.1) is 0 Å². The zero-order chi connectivity index (χ0) is 30.1. The van der Waals surface area contributed by atoms with Crippen molar-refractivity contribution in [2.75, 3.05) is 33.0 Å². The summed E-state index contributed by atoms with van der Waals surface area (Å²) in [6, 6.07) is 26.1. The molecule has 0 amide bonds. The molecule has 3 aromatic rings. The van der Waals surface area contributed by atoms with Gasteiger partial charge in [-0.3, -0.25) is 0 Å². The van der Waals surface area contributed by atoms with Crippen LogP contribution in [0.3, 0.4) is 0 Å². The number of rotatable bonds is 13. The first-order chi connectivity index (χ1) is 21.4. The molecule has 230 valence electrons. The molecule has 3 fully saturated rings. The van der Waals surface area contributed by atoms with Crippen molar-refractivity contribution in [2.24, 2.45) is 0 Å². The third-order valence-corrected chi connectivity index (χ3v) is 9.49. The summed E-state index contributed by atoms with van der Waals surface area (Å²) in [5, 5.41) is 0. The van der Waals surface area contributed by atoms with Crippen LogP contribution in [0.25, 0.3) is 0 Å². The Bertz CT molecular complexity index is 1480. The van der Waals surface area contributed by atoms with Crippen molar-refractivity contribution in [3.8, 4) is 11.5 Å². The molecule has 4 aliphatic rings. The summed E-state index contributed by atoms with van der Waals surface area (Å²) in [5.74, 6) is 1.71. The zero-order valence-electron chi connectivity index (χ0n) is 25.9. The van der Waals surface area contributed by atoms with Crippen molar-refractivity contribution in [3.63, 3.8) is 0 Å². The normalized spacial score (nSPS) is 25.4. The van der Waals surface area contributed by atoms with E-state index in [1.165, 1.54) is 27.8 Å². The standard InChI is InChI=1S/C38H42O6/c1-37(2,27-8-14-31(15-9-27)40-22-34-24-42-34)26-4-6-28(7-5-26)38(3,29-10-16-32(17-11-29)41-23-35-25-43-35)30-12-18-33(19-13-30)44-36-20-21-39-36/h4-16,18-19,32,34-36H,17,20-25H2,1-3H3. The molecule has 7 rings (SSSR count). The Morgan fingerprint density at radius 1 is 0.705 bits per heavy atom. The zero-order valence-corrected chi connectivity index (χ0v) is 25.9. The number of ether oxygens (including phenoxy) is 6. The molecule has 0 radical (unpaired) electrons. The largest absolute Gasteiger partial charge is 0.491 e. The summed E-state index contributed by atoms with van der Waals surface area (Å²) >= 11 is 0. The molecular weight excluding hydrogens is 552 g/mol. The average molecular weight is 595 g/mol. The third kappa shape index (κ3) is 6.36. The molecule has 3 heterocycles. The van der Waals surface area contributed by atoms with Crippen molar-refractivity contribution in [3.05, 3.63) is 119 Å². The van der Waals surface area contributed by atoms with Crippen LogP contribution in [-0.4, -0.2) is 57.6 Å². The van der Waals surface area contributed by atoms with Crippen molar-refractivity contribution < 1.29 is 28.4 Å². The molecule has 0 saturated carbocycles.